The molecule has 3 heteroatoms. The minimum atomic E-state index is -0.527. The Labute approximate surface area is 98.1 Å². The van der Waals surface area contributed by atoms with Crippen molar-refractivity contribution >= 4 is 0 Å². The largest absolute Gasteiger partial charge is 0.396 e. The highest BCUT2D eigenvalue weighted by Crippen LogP contribution is 2.14. The van der Waals surface area contributed by atoms with Crippen LogP contribution in [0.5, 0.6) is 0 Å². The van der Waals surface area contributed by atoms with E-state index in [0.29, 0.717) is 6.42 Å². The molecule has 0 aliphatic carbocycles. The molecule has 0 aliphatic rings. The molecule has 3 N–H and O–H groups in total. The normalized spacial score (nSPS) is 11.5. The molecule has 0 aromatic heterocycles. The van der Waals surface area contributed by atoms with Gasteiger partial charge in [-0.1, -0.05) is 44.2 Å². The van der Waals surface area contributed by atoms with Crippen LogP contribution < -0.4 is 5.32 Å². The first-order valence-corrected chi connectivity index (χ1v) is 5.80. The third kappa shape index (κ3) is 7.40. The summed E-state index contributed by atoms with van der Waals surface area (Å²) in [7, 11) is 0. The summed E-state index contributed by atoms with van der Waals surface area (Å²) < 4.78 is 0. The molecular formula is C13H23NO2. The van der Waals surface area contributed by atoms with Crippen LogP contribution in [0.25, 0.3) is 0 Å². The molecule has 0 heterocycles. The van der Waals surface area contributed by atoms with E-state index in [1.165, 1.54) is 0 Å². The zero-order chi connectivity index (χ0) is 12.2. The van der Waals surface area contributed by atoms with E-state index >= 15 is 0 Å². The molecule has 0 spiro atoms. The Hall–Kier alpha value is -0.900. The first-order chi connectivity index (χ1) is 7.76. The first kappa shape index (κ1) is 15.1. The molecule has 1 unspecified atom stereocenters. The molecule has 1 aromatic carbocycles. The Morgan fingerprint density at radius 3 is 2.06 bits per heavy atom. The van der Waals surface area contributed by atoms with E-state index in [-0.39, 0.29) is 6.61 Å². The van der Waals surface area contributed by atoms with Crippen molar-refractivity contribution in [3.05, 3.63) is 35.9 Å². The molecule has 3 nitrogen and oxygen atoms in total. The average Bonchev–Trinajstić information content (AvgIpc) is 2.32. The van der Waals surface area contributed by atoms with Crippen LogP contribution in [0.1, 0.15) is 31.9 Å². The smallest absolute Gasteiger partial charge is 0.0811 e. The molecule has 1 aromatic rings. The lowest BCUT2D eigenvalue weighted by molar-refractivity contribution is 0.134. The van der Waals surface area contributed by atoms with Gasteiger partial charge in [-0.05, 0) is 18.7 Å². The van der Waals surface area contributed by atoms with E-state index in [2.05, 4.69) is 19.2 Å². The second-order valence-electron chi connectivity index (χ2n) is 3.40. The standard InChI is InChI=1S/C9H12O2.C4H11N/c10-7-6-9(11)8-4-2-1-3-5-8;1-3-5-4-2/h1-5,9-11H,6-7H2;5H,3-4H2,1-2H3. The SMILES string of the molecule is CCNCC.OCCC(O)c1ccccc1. The van der Waals surface area contributed by atoms with E-state index in [0.717, 1.165) is 18.7 Å². The number of nitrogens with one attached hydrogen (secondary N) is 1. The number of aliphatic hydroxyl groups excluding tert-OH is 2. The quantitative estimate of drug-likeness (QED) is 0.715. The van der Waals surface area contributed by atoms with Crippen molar-refractivity contribution in [2.24, 2.45) is 0 Å². The van der Waals surface area contributed by atoms with Crippen molar-refractivity contribution < 1.29 is 10.2 Å². The minimum Gasteiger partial charge on any atom is -0.396 e. The summed E-state index contributed by atoms with van der Waals surface area (Å²) >= 11 is 0. The van der Waals surface area contributed by atoms with E-state index in [9.17, 15) is 5.11 Å². The van der Waals surface area contributed by atoms with E-state index in [1.54, 1.807) is 0 Å². The summed E-state index contributed by atoms with van der Waals surface area (Å²) in [5.74, 6) is 0. The summed E-state index contributed by atoms with van der Waals surface area (Å²) in [4.78, 5) is 0. The third-order valence-electron chi connectivity index (χ3n) is 2.09. The van der Waals surface area contributed by atoms with Crippen LogP contribution in [0.4, 0.5) is 0 Å². The second kappa shape index (κ2) is 10.6. The lowest BCUT2D eigenvalue weighted by atomic mass is 10.1. The Morgan fingerprint density at radius 2 is 1.69 bits per heavy atom. The van der Waals surface area contributed by atoms with Crippen LogP contribution in [0.15, 0.2) is 30.3 Å². The average molecular weight is 225 g/mol. The molecule has 0 saturated heterocycles. The summed E-state index contributed by atoms with van der Waals surface area (Å²) in [5.41, 5.74) is 0.863. The fourth-order valence-corrected chi connectivity index (χ4v) is 1.21. The van der Waals surface area contributed by atoms with Gasteiger partial charge in [-0.2, -0.15) is 0 Å². The molecule has 0 amide bonds. The van der Waals surface area contributed by atoms with Crippen LogP contribution in [0.2, 0.25) is 0 Å². The van der Waals surface area contributed by atoms with Gasteiger partial charge in [-0.3, -0.25) is 0 Å². The fourth-order valence-electron chi connectivity index (χ4n) is 1.21. The predicted octanol–water partition coefficient (Wildman–Crippen LogP) is 1.72. The Bertz CT molecular complexity index is 237. The third-order valence-corrected chi connectivity index (χ3v) is 2.09. The van der Waals surface area contributed by atoms with Crippen LogP contribution in [0.3, 0.4) is 0 Å². The number of hydrogen-bond donors (Lipinski definition) is 3. The molecule has 16 heavy (non-hydrogen) atoms. The number of aliphatic hydroxyl groups is 2. The fraction of sp³-hybridized carbons (Fsp3) is 0.538. The molecule has 1 rings (SSSR count). The van der Waals surface area contributed by atoms with Gasteiger partial charge in [0.25, 0.3) is 0 Å². The Morgan fingerprint density at radius 1 is 1.12 bits per heavy atom. The van der Waals surface area contributed by atoms with Gasteiger partial charge in [0, 0.05) is 13.0 Å². The highest BCUT2D eigenvalue weighted by molar-refractivity contribution is 5.16. The molecule has 92 valence electrons. The van der Waals surface area contributed by atoms with Crippen molar-refractivity contribution in [2.45, 2.75) is 26.4 Å². The maximum absolute atomic E-state index is 9.36. The van der Waals surface area contributed by atoms with Crippen LogP contribution in [-0.2, 0) is 0 Å². The van der Waals surface area contributed by atoms with Crippen LogP contribution in [-0.4, -0.2) is 29.9 Å². The van der Waals surface area contributed by atoms with E-state index < -0.39 is 6.10 Å². The molecule has 0 saturated carbocycles. The van der Waals surface area contributed by atoms with Gasteiger partial charge in [0.05, 0.1) is 6.10 Å². The zero-order valence-corrected chi connectivity index (χ0v) is 10.2. The highest BCUT2D eigenvalue weighted by Gasteiger charge is 2.03. The zero-order valence-electron chi connectivity index (χ0n) is 10.2. The van der Waals surface area contributed by atoms with Gasteiger partial charge in [0.1, 0.15) is 0 Å². The summed E-state index contributed by atoms with van der Waals surface area (Å²) in [6.07, 6.45) is -0.120. The van der Waals surface area contributed by atoms with Gasteiger partial charge in [0.15, 0.2) is 0 Å². The van der Waals surface area contributed by atoms with Gasteiger partial charge in [-0.15, -0.1) is 0 Å². The first-order valence-electron chi connectivity index (χ1n) is 5.80. The van der Waals surface area contributed by atoms with Crippen molar-refractivity contribution in [3.63, 3.8) is 0 Å². The molecule has 0 fully saturated rings. The molecule has 0 bridgehead atoms. The predicted molar refractivity (Wildman–Crippen MR) is 67.3 cm³/mol. The van der Waals surface area contributed by atoms with Gasteiger partial charge < -0.3 is 15.5 Å². The van der Waals surface area contributed by atoms with Crippen molar-refractivity contribution in [1.82, 2.24) is 5.32 Å². The number of hydrogen-bond acceptors (Lipinski definition) is 3. The van der Waals surface area contributed by atoms with E-state index in [1.807, 2.05) is 30.3 Å². The Balaban J connectivity index is 0.000000385. The van der Waals surface area contributed by atoms with Crippen molar-refractivity contribution in [1.29, 1.82) is 0 Å². The summed E-state index contributed by atoms with van der Waals surface area (Å²) in [5, 5.41) is 21.0. The Kier molecular flexibility index (Phi) is 10.0. The molecule has 0 aliphatic heterocycles. The summed E-state index contributed by atoms with van der Waals surface area (Å²) in [6, 6.07) is 9.33. The lowest BCUT2D eigenvalue weighted by Crippen LogP contribution is -2.09. The summed E-state index contributed by atoms with van der Waals surface area (Å²) in [6.45, 7) is 6.41. The maximum atomic E-state index is 9.36. The lowest BCUT2D eigenvalue weighted by Gasteiger charge is -2.07. The number of rotatable bonds is 5. The number of benzene rings is 1. The van der Waals surface area contributed by atoms with Crippen LogP contribution >= 0.6 is 0 Å². The van der Waals surface area contributed by atoms with E-state index in [4.69, 9.17) is 5.11 Å². The molecule has 0 radical (unpaired) electrons. The monoisotopic (exact) mass is 225 g/mol. The molecular weight excluding hydrogens is 202 g/mol. The maximum Gasteiger partial charge on any atom is 0.0811 e. The van der Waals surface area contributed by atoms with Crippen molar-refractivity contribution in [3.8, 4) is 0 Å². The topological polar surface area (TPSA) is 52.5 Å². The van der Waals surface area contributed by atoms with Gasteiger partial charge in [-0.25, -0.2) is 0 Å². The highest BCUT2D eigenvalue weighted by atomic mass is 16.3. The van der Waals surface area contributed by atoms with Crippen molar-refractivity contribution in [2.75, 3.05) is 19.7 Å². The molecule has 1 atom stereocenters. The van der Waals surface area contributed by atoms with Gasteiger partial charge in [0.2, 0.25) is 0 Å². The second-order valence-corrected chi connectivity index (χ2v) is 3.40. The van der Waals surface area contributed by atoms with Gasteiger partial charge >= 0.3 is 0 Å². The minimum absolute atomic E-state index is 0.0239. The van der Waals surface area contributed by atoms with Crippen LogP contribution in [0, 0.1) is 0 Å².